The Bertz CT molecular complexity index is 1120. The lowest BCUT2D eigenvalue weighted by Gasteiger charge is -2.11. The maximum atomic E-state index is 11.0. The fourth-order valence-corrected chi connectivity index (χ4v) is 3.20. The van der Waals surface area contributed by atoms with Gasteiger partial charge in [-0.1, -0.05) is 18.2 Å². The number of benzene rings is 2. The minimum atomic E-state index is -0.465. The molecule has 140 valence electrons. The molecular weight excluding hydrogens is 354 g/mol. The van der Waals surface area contributed by atoms with Crippen molar-refractivity contribution in [2.75, 3.05) is 7.11 Å². The zero-order valence-electron chi connectivity index (χ0n) is 15.8. The Morgan fingerprint density at radius 3 is 2.61 bits per heavy atom. The van der Waals surface area contributed by atoms with Crippen LogP contribution in [0.4, 0.5) is 5.69 Å². The molecular formula is C22H19N3O3. The van der Waals surface area contributed by atoms with Crippen LogP contribution in [-0.2, 0) is 0 Å². The van der Waals surface area contributed by atoms with E-state index in [0.29, 0.717) is 11.1 Å². The Morgan fingerprint density at radius 1 is 1.18 bits per heavy atom. The zero-order valence-corrected chi connectivity index (χ0v) is 15.8. The minimum absolute atomic E-state index is 0.0412. The Kier molecular flexibility index (Phi) is 5.28. The zero-order chi connectivity index (χ0) is 20.3. The molecule has 0 atom stereocenters. The van der Waals surface area contributed by atoms with Gasteiger partial charge in [0.15, 0.2) is 0 Å². The van der Waals surface area contributed by atoms with Gasteiger partial charge in [0.2, 0.25) is 0 Å². The van der Waals surface area contributed by atoms with E-state index in [1.165, 1.54) is 12.1 Å². The molecule has 0 bridgehead atoms. The Balaban J connectivity index is 2.08. The summed E-state index contributed by atoms with van der Waals surface area (Å²) in [5.41, 5.74) is 4.65. The second-order valence-corrected chi connectivity index (χ2v) is 6.34. The highest BCUT2D eigenvalue weighted by molar-refractivity contribution is 5.90. The van der Waals surface area contributed by atoms with E-state index in [1.807, 2.05) is 44.2 Å². The summed E-state index contributed by atoms with van der Waals surface area (Å²) < 4.78 is 7.39. The fourth-order valence-electron chi connectivity index (χ4n) is 3.20. The van der Waals surface area contributed by atoms with Gasteiger partial charge in [-0.25, -0.2) is 0 Å². The van der Waals surface area contributed by atoms with E-state index in [1.54, 1.807) is 25.3 Å². The van der Waals surface area contributed by atoms with Crippen molar-refractivity contribution in [2.24, 2.45) is 0 Å². The van der Waals surface area contributed by atoms with Crippen LogP contribution in [0, 0.1) is 35.3 Å². The third kappa shape index (κ3) is 3.64. The first-order valence-corrected chi connectivity index (χ1v) is 8.64. The van der Waals surface area contributed by atoms with Gasteiger partial charge in [-0.3, -0.25) is 10.1 Å². The van der Waals surface area contributed by atoms with Crippen LogP contribution in [0.3, 0.4) is 0 Å². The first-order chi connectivity index (χ1) is 13.4. The summed E-state index contributed by atoms with van der Waals surface area (Å²) in [6, 6.07) is 18.0. The lowest BCUT2D eigenvalue weighted by molar-refractivity contribution is -0.384. The number of rotatable bonds is 5. The number of allylic oxidation sites excluding steroid dienone is 1. The van der Waals surface area contributed by atoms with Crippen molar-refractivity contribution in [1.29, 1.82) is 5.26 Å². The van der Waals surface area contributed by atoms with Crippen molar-refractivity contribution >= 4 is 17.3 Å². The third-order valence-electron chi connectivity index (χ3n) is 4.57. The van der Waals surface area contributed by atoms with Gasteiger partial charge in [0.1, 0.15) is 5.75 Å². The lowest BCUT2D eigenvalue weighted by Crippen LogP contribution is -1.99. The smallest absolute Gasteiger partial charge is 0.270 e. The molecule has 0 amide bonds. The summed E-state index contributed by atoms with van der Waals surface area (Å²) in [5, 5.41) is 20.6. The second-order valence-electron chi connectivity index (χ2n) is 6.34. The average molecular weight is 373 g/mol. The summed E-state index contributed by atoms with van der Waals surface area (Å²) in [6.07, 6.45) is 1.76. The minimum Gasteiger partial charge on any atom is -0.497 e. The van der Waals surface area contributed by atoms with Crippen molar-refractivity contribution in [1.82, 2.24) is 4.57 Å². The molecule has 6 nitrogen and oxygen atoms in total. The van der Waals surface area contributed by atoms with Gasteiger partial charge in [-0.15, -0.1) is 0 Å². The first-order valence-electron chi connectivity index (χ1n) is 8.64. The largest absolute Gasteiger partial charge is 0.497 e. The number of nitrogens with zero attached hydrogens (tertiary/aromatic N) is 3. The van der Waals surface area contributed by atoms with Crippen LogP contribution in [0.5, 0.6) is 5.75 Å². The average Bonchev–Trinajstić information content (AvgIpc) is 2.99. The van der Waals surface area contributed by atoms with Gasteiger partial charge in [-0.2, -0.15) is 5.26 Å². The normalized spacial score (nSPS) is 11.1. The number of methoxy groups -OCH3 is 1. The number of hydrogen-bond donors (Lipinski definition) is 0. The topological polar surface area (TPSA) is 81.1 Å². The van der Waals surface area contributed by atoms with Crippen LogP contribution in [0.1, 0.15) is 22.5 Å². The molecule has 0 N–H and O–H groups in total. The summed E-state index contributed by atoms with van der Waals surface area (Å²) in [6.45, 7) is 3.96. The van der Waals surface area contributed by atoms with E-state index in [9.17, 15) is 15.4 Å². The van der Waals surface area contributed by atoms with Crippen LogP contribution < -0.4 is 4.74 Å². The third-order valence-corrected chi connectivity index (χ3v) is 4.57. The first kappa shape index (κ1) is 18.9. The molecule has 0 aliphatic carbocycles. The van der Waals surface area contributed by atoms with Gasteiger partial charge >= 0.3 is 0 Å². The number of nitro groups is 1. The van der Waals surface area contributed by atoms with E-state index in [0.717, 1.165) is 28.4 Å². The number of aryl methyl sites for hydroxylation is 1. The number of non-ortho nitro benzene ring substituents is 1. The molecule has 0 spiro atoms. The molecule has 0 aliphatic rings. The van der Waals surface area contributed by atoms with Crippen LogP contribution in [0.15, 0.2) is 54.6 Å². The van der Waals surface area contributed by atoms with Gasteiger partial charge < -0.3 is 9.30 Å². The highest BCUT2D eigenvalue weighted by atomic mass is 16.6. The quantitative estimate of drug-likeness (QED) is 0.355. The standard InChI is InChI=1S/C22H19N3O3/c1-15-10-18(16(2)24(15)20-7-5-9-22(13-20)28-3)11-19(14-23)17-6-4-8-21(12-17)25(26)27/h4-13H,1-3H3/b19-11+. The molecule has 1 heterocycles. The molecule has 3 rings (SSSR count). The Hall–Kier alpha value is -3.85. The van der Waals surface area contributed by atoms with Gasteiger partial charge in [0.25, 0.3) is 5.69 Å². The molecule has 0 aliphatic heterocycles. The van der Waals surface area contributed by atoms with Crippen molar-refractivity contribution < 1.29 is 9.66 Å². The van der Waals surface area contributed by atoms with E-state index >= 15 is 0 Å². The van der Waals surface area contributed by atoms with E-state index in [-0.39, 0.29) is 5.69 Å². The summed E-state index contributed by atoms with van der Waals surface area (Å²) in [4.78, 5) is 10.6. The van der Waals surface area contributed by atoms with Crippen molar-refractivity contribution in [3.63, 3.8) is 0 Å². The highest BCUT2D eigenvalue weighted by Gasteiger charge is 2.13. The van der Waals surface area contributed by atoms with Crippen LogP contribution in [-0.4, -0.2) is 16.6 Å². The van der Waals surface area contributed by atoms with Crippen molar-refractivity contribution in [2.45, 2.75) is 13.8 Å². The van der Waals surface area contributed by atoms with Gasteiger partial charge in [0.05, 0.1) is 23.7 Å². The number of nitro benzene ring substituents is 1. The molecule has 0 saturated carbocycles. The molecule has 6 heteroatoms. The fraction of sp³-hybridized carbons (Fsp3) is 0.136. The molecule has 3 aromatic rings. The Morgan fingerprint density at radius 2 is 1.93 bits per heavy atom. The number of nitriles is 1. The van der Waals surface area contributed by atoms with Crippen LogP contribution >= 0.6 is 0 Å². The molecule has 0 unspecified atom stereocenters. The van der Waals surface area contributed by atoms with Gasteiger partial charge in [-0.05, 0) is 49.2 Å². The molecule has 0 fully saturated rings. The second kappa shape index (κ2) is 7.80. The monoisotopic (exact) mass is 373 g/mol. The lowest BCUT2D eigenvalue weighted by atomic mass is 10.0. The Labute approximate surface area is 163 Å². The number of aromatic nitrogens is 1. The predicted octanol–water partition coefficient (Wildman–Crippen LogP) is 5.08. The van der Waals surface area contributed by atoms with E-state index in [4.69, 9.17) is 4.74 Å². The summed E-state index contributed by atoms with van der Waals surface area (Å²) in [5.74, 6) is 0.761. The predicted molar refractivity (Wildman–Crippen MR) is 108 cm³/mol. The van der Waals surface area contributed by atoms with Crippen molar-refractivity contribution in [3.8, 4) is 17.5 Å². The number of hydrogen-bond acceptors (Lipinski definition) is 4. The van der Waals surface area contributed by atoms with Gasteiger partial charge in [0, 0.05) is 35.3 Å². The van der Waals surface area contributed by atoms with E-state index in [2.05, 4.69) is 10.6 Å². The maximum Gasteiger partial charge on any atom is 0.270 e. The molecule has 28 heavy (non-hydrogen) atoms. The maximum absolute atomic E-state index is 11.0. The molecule has 0 saturated heterocycles. The molecule has 0 radical (unpaired) electrons. The van der Waals surface area contributed by atoms with E-state index < -0.39 is 4.92 Å². The van der Waals surface area contributed by atoms with Crippen LogP contribution in [0.2, 0.25) is 0 Å². The number of ether oxygens (including phenoxy) is 1. The highest BCUT2D eigenvalue weighted by Crippen LogP contribution is 2.27. The summed E-state index contributed by atoms with van der Waals surface area (Å²) >= 11 is 0. The molecule has 2 aromatic carbocycles. The van der Waals surface area contributed by atoms with Crippen molar-refractivity contribution in [3.05, 3.63) is 87.2 Å². The SMILES string of the molecule is COc1cccc(-n2c(C)cc(/C=C(\C#N)c3cccc([N+](=O)[O-])c3)c2C)c1. The molecule has 1 aromatic heterocycles. The summed E-state index contributed by atoms with van der Waals surface area (Å²) in [7, 11) is 1.63. The van der Waals surface area contributed by atoms with Crippen LogP contribution in [0.25, 0.3) is 17.3 Å².